The van der Waals surface area contributed by atoms with Gasteiger partial charge in [0.2, 0.25) is 11.8 Å². The molecule has 0 spiro atoms. The van der Waals surface area contributed by atoms with Crippen LogP contribution >= 0.6 is 11.8 Å². The molecule has 1 aromatic carbocycles. The second-order valence-corrected chi connectivity index (χ2v) is 7.95. The predicted octanol–water partition coefficient (Wildman–Crippen LogP) is 2.31. The molecule has 140 valence electrons. The van der Waals surface area contributed by atoms with E-state index in [1.165, 1.54) is 6.92 Å². The topological polar surface area (TPSA) is 99.3 Å². The van der Waals surface area contributed by atoms with Gasteiger partial charge in [-0.05, 0) is 37.1 Å². The van der Waals surface area contributed by atoms with Crippen LogP contribution in [0.5, 0.6) is 0 Å². The van der Waals surface area contributed by atoms with Gasteiger partial charge in [0.1, 0.15) is 0 Å². The Kier molecular flexibility index (Phi) is 6.03. The number of carbonyl (C=O) groups is 3. The highest BCUT2D eigenvalue weighted by molar-refractivity contribution is 8.00. The van der Waals surface area contributed by atoms with Gasteiger partial charge < -0.3 is 21.3 Å². The number of carbonyl (C=O) groups excluding carboxylic acids is 3. The minimum absolute atomic E-state index is 0.00920. The maximum absolute atomic E-state index is 12.0. The summed E-state index contributed by atoms with van der Waals surface area (Å²) in [5.74, 6) is 0.829. The fraction of sp³-hybridized carbons (Fsp3) is 0.500. The van der Waals surface area contributed by atoms with E-state index in [1.54, 1.807) is 24.3 Å². The summed E-state index contributed by atoms with van der Waals surface area (Å²) in [6, 6.07) is 7.48. The summed E-state index contributed by atoms with van der Waals surface area (Å²) in [6.45, 7) is 1.46. The predicted molar refractivity (Wildman–Crippen MR) is 103 cm³/mol. The summed E-state index contributed by atoms with van der Waals surface area (Å²) in [5.41, 5.74) is 1.43. The third kappa shape index (κ3) is 4.91. The van der Waals surface area contributed by atoms with E-state index in [-0.39, 0.29) is 29.9 Å². The monoisotopic (exact) mass is 376 g/mol. The highest BCUT2D eigenvalue weighted by atomic mass is 32.2. The summed E-state index contributed by atoms with van der Waals surface area (Å²) in [5, 5.41) is 11.9. The molecule has 0 unspecified atom stereocenters. The molecule has 4 N–H and O–H groups in total. The molecule has 1 aromatic rings. The van der Waals surface area contributed by atoms with E-state index in [0.29, 0.717) is 17.4 Å². The number of nitrogens with one attached hydrogen (secondary N) is 4. The van der Waals surface area contributed by atoms with Gasteiger partial charge in [-0.3, -0.25) is 9.59 Å². The Bertz CT molecular complexity index is 680. The molecule has 8 heteroatoms. The average Bonchev–Trinajstić information content (AvgIpc) is 3.12. The minimum atomic E-state index is -0.124. The lowest BCUT2D eigenvalue weighted by atomic mass is 10.0. The second kappa shape index (κ2) is 8.44. The van der Waals surface area contributed by atoms with Crippen LogP contribution in [-0.4, -0.2) is 40.9 Å². The molecule has 2 fully saturated rings. The van der Waals surface area contributed by atoms with Gasteiger partial charge in [-0.25, -0.2) is 4.79 Å². The van der Waals surface area contributed by atoms with Gasteiger partial charge in [0, 0.05) is 35.7 Å². The van der Waals surface area contributed by atoms with Crippen LogP contribution in [-0.2, 0) is 9.59 Å². The van der Waals surface area contributed by atoms with E-state index in [0.717, 1.165) is 30.7 Å². The van der Waals surface area contributed by atoms with Crippen molar-refractivity contribution in [2.75, 3.05) is 16.4 Å². The first-order valence-electron chi connectivity index (χ1n) is 8.87. The van der Waals surface area contributed by atoms with Crippen molar-refractivity contribution in [3.8, 4) is 0 Å². The number of hydrogen-bond donors (Lipinski definition) is 4. The lowest BCUT2D eigenvalue weighted by Crippen LogP contribution is -2.36. The quantitative estimate of drug-likeness (QED) is 0.433. The first kappa shape index (κ1) is 18.6. The Labute approximate surface area is 157 Å². The van der Waals surface area contributed by atoms with Gasteiger partial charge >= 0.3 is 6.03 Å². The molecule has 2 aliphatic heterocycles. The van der Waals surface area contributed by atoms with Crippen molar-refractivity contribution < 1.29 is 14.4 Å². The zero-order valence-corrected chi connectivity index (χ0v) is 15.5. The van der Waals surface area contributed by atoms with Gasteiger partial charge in [0.05, 0.1) is 12.1 Å². The molecular weight excluding hydrogens is 352 g/mol. The smallest absolute Gasteiger partial charge is 0.315 e. The van der Waals surface area contributed by atoms with E-state index in [1.807, 2.05) is 11.8 Å². The van der Waals surface area contributed by atoms with Crippen LogP contribution in [0, 0.1) is 0 Å². The standard InChI is InChI=1S/C18H24N4O3S/c1-11(23)19-12-6-8-13(9-7-12)20-16(24)5-3-2-4-15-17-14(10-26-15)21-18(25)22-17/h6-9,14-15,17H,2-5,10H2,1H3,(H,19,23)(H,20,24)(H2,21,22,25)/t14-,15-,17+/m0/s1. The number of fused-ring (bicyclic) bond motifs is 1. The summed E-state index contributed by atoms with van der Waals surface area (Å²) in [7, 11) is 0. The zero-order valence-electron chi connectivity index (χ0n) is 14.7. The molecule has 26 heavy (non-hydrogen) atoms. The molecule has 2 saturated heterocycles. The van der Waals surface area contributed by atoms with Gasteiger partial charge in [-0.2, -0.15) is 11.8 Å². The third-order valence-corrected chi connectivity index (χ3v) is 6.08. The van der Waals surface area contributed by atoms with Gasteiger partial charge in [-0.1, -0.05) is 6.42 Å². The summed E-state index contributed by atoms with van der Waals surface area (Å²) in [4.78, 5) is 34.4. The highest BCUT2D eigenvalue weighted by Gasteiger charge is 2.42. The first-order chi connectivity index (χ1) is 12.5. The number of benzene rings is 1. The Morgan fingerprint density at radius 1 is 1.12 bits per heavy atom. The Morgan fingerprint density at radius 2 is 1.81 bits per heavy atom. The molecule has 3 rings (SSSR count). The molecule has 0 bridgehead atoms. The lowest BCUT2D eigenvalue weighted by Gasteiger charge is -2.16. The molecule has 3 atom stereocenters. The number of anilines is 2. The highest BCUT2D eigenvalue weighted by Crippen LogP contribution is 2.33. The zero-order chi connectivity index (χ0) is 18.5. The molecular formula is C18H24N4O3S. The van der Waals surface area contributed by atoms with Crippen LogP contribution in [0.3, 0.4) is 0 Å². The van der Waals surface area contributed by atoms with E-state index >= 15 is 0 Å². The number of hydrogen-bond acceptors (Lipinski definition) is 4. The summed E-state index contributed by atoms with van der Waals surface area (Å²) < 4.78 is 0. The SMILES string of the molecule is CC(=O)Nc1ccc(NC(=O)CCCC[C@@H]2SC[C@@H]3NC(=O)N[C@H]32)cc1. The van der Waals surface area contributed by atoms with Crippen LogP contribution in [0.4, 0.5) is 16.2 Å². The van der Waals surface area contributed by atoms with Crippen LogP contribution in [0.15, 0.2) is 24.3 Å². The molecule has 7 nitrogen and oxygen atoms in total. The maximum atomic E-state index is 12.0. The van der Waals surface area contributed by atoms with Crippen molar-refractivity contribution in [1.29, 1.82) is 0 Å². The second-order valence-electron chi connectivity index (χ2n) is 6.67. The van der Waals surface area contributed by atoms with Crippen molar-refractivity contribution in [2.24, 2.45) is 0 Å². The van der Waals surface area contributed by atoms with E-state index in [9.17, 15) is 14.4 Å². The van der Waals surface area contributed by atoms with Crippen molar-refractivity contribution in [1.82, 2.24) is 10.6 Å². The van der Waals surface area contributed by atoms with E-state index in [2.05, 4.69) is 21.3 Å². The number of thioether (sulfide) groups is 1. The van der Waals surface area contributed by atoms with Gasteiger partial charge in [0.25, 0.3) is 0 Å². The van der Waals surface area contributed by atoms with Crippen LogP contribution < -0.4 is 21.3 Å². The number of urea groups is 1. The molecule has 0 aliphatic carbocycles. The summed E-state index contributed by atoms with van der Waals surface area (Å²) in [6.07, 6.45) is 3.27. The number of rotatable bonds is 7. The Balaban J connectivity index is 1.34. The maximum Gasteiger partial charge on any atom is 0.315 e. The largest absolute Gasteiger partial charge is 0.332 e. The average molecular weight is 376 g/mol. The molecule has 2 aliphatic rings. The Morgan fingerprint density at radius 3 is 2.50 bits per heavy atom. The van der Waals surface area contributed by atoms with Crippen LogP contribution in [0.2, 0.25) is 0 Å². The number of unbranched alkanes of at least 4 members (excludes halogenated alkanes) is 1. The molecule has 0 saturated carbocycles. The van der Waals surface area contributed by atoms with Crippen LogP contribution in [0.1, 0.15) is 32.6 Å². The number of amides is 4. The van der Waals surface area contributed by atoms with Crippen molar-refractivity contribution in [3.63, 3.8) is 0 Å². The van der Waals surface area contributed by atoms with Crippen molar-refractivity contribution in [3.05, 3.63) is 24.3 Å². The van der Waals surface area contributed by atoms with E-state index in [4.69, 9.17) is 0 Å². The van der Waals surface area contributed by atoms with Crippen molar-refractivity contribution >= 4 is 41.0 Å². The lowest BCUT2D eigenvalue weighted by molar-refractivity contribution is -0.116. The third-order valence-electron chi connectivity index (χ3n) is 4.57. The fourth-order valence-electron chi connectivity index (χ4n) is 3.34. The first-order valence-corrected chi connectivity index (χ1v) is 9.92. The molecule has 0 aromatic heterocycles. The molecule has 4 amide bonds. The Hall–Kier alpha value is -2.22. The summed E-state index contributed by atoms with van der Waals surface area (Å²) >= 11 is 1.90. The van der Waals surface area contributed by atoms with Crippen LogP contribution in [0.25, 0.3) is 0 Å². The van der Waals surface area contributed by atoms with Gasteiger partial charge in [0.15, 0.2) is 0 Å². The normalized spacial score (nSPS) is 23.7. The molecule has 2 heterocycles. The van der Waals surface area contributed by atoms with E-state index < -0.39 is 0 Å². The van der Waals surface area contributed by atoms with Gasteiger partial charge in [-0.15, -0.1) is 0 Å². The fourth-order valence-corrected chi connectivity index (χ4v) is 4.88. The van der Waals surface area contributed by atoms with Crippen molar-refractivity contribution in [2.45, 2.75) is 49.9 Å². The minimum Gasteiger partial charge on any atom is -0.332 e. The molecule has 0 radical (unpaired) electrons.